The van der Waals surface area contributed by atoms with Crippen LogP contribution in [0.3, 0.4) is 0 Å². The van der Waals surface area contributed by atoms with Crippen LogP contribution in [-0.4, -0.2) is 38.8 Å². The lowest BCUT2D eigenvalue weighted by Gasteiger charge is -2.37. The largest absolute Gasteiger partial charge is 0.297 e. The number of ketones is 1. The van der Waals surface area contributed by atoms with E-state index in [-0.39, 0.29) is 22.8 Å². The summed E-state index contributed by atoms with van der Waals surface area (Å²) in [6.07, 6.45) is 8.51. The Hall–Kier alpha value is -1.92. The van der Waals surface area contributed by atoms with Crippen molar-refractivity contribution in [3.8, 4) is 0 Å². The van der Waals surface area contributed by atoms with E-state index in [9.17, 15) is 9.18 Å². The molecular weight excluding hydrogens is 361 g/mol. The molecule has 1 aromatic heterocycles. The van der Waals surface area contributed by atoms with Gasteiger partial charge in [-0.2, -0.15) is 17.7 Å². The number of likely N-dealkylation sites (tertiary alicyclic amines) is 1. The number of nitrogens with zero attached hydrogens (tertiary/aromatic N) is 3. The molecule has 0 amide bonds. The van der Waals surface area contributed by atoms with Crippen LogP contribution in [0.25, 0.3) is 0 Å². The molecule has 2 unspecified atom stereocenters. The van der Waals surface area contributed by atoms with Crippen molar-refractivity contribution in [2.24, 2.45) is 5.92 Å². The van der Waals surface area contributed by atoms with Crippen LogP contribution in [0, 0.1) is 11.7 Å². The average Bonchev–Trinajstić information content (AvgIpc) is 3.39. The van der Waals surface area contributed by atoms with E-state index in [1.54, 1.807) is 18.3 Å². The number of Topliss-reactive ketones (excluding diaryl/α,β-unsaturated/α-hetero) is 1. The number of hydrogen-bond donors (Lipinski definition) is 1. The summed E-state index contributed by atoms with van der Waals surface area (Å²) in [5, 5.41) is 4.39. The van der Waals surface area contributed by atoms with Gasteiger partial charge in [-0.05, 0) is 37.0 Å². The van der Waals surface area contributed by atoms with Crippen LogP contribution in [0.2, 0.25) is 0 Å². The summed E-state index contributed by atoms with van der Waals surface area (Å²) in [5.41, 5.74) is 1.67. The van der Waals surface area contributed by atoms with E-state index in [0.29, 0.717) is 18.7 Å². The maximum Gasteiger partial charge on any atom is 0.157 e. The van der Waals surface area contributed by atoms with Gasteiger partial charge in [-0.15, -0.1) is 0 Å². The van der Waals surface area contributed by atoms with Crippen LogP contribution >= 0.6 is 12.6 Å². The predicted molar refractivity (Wildman–Crippen MR) is 106 cm³/mol. The second kappa shape index (κ2) is 7.98. The highest BCUT2D eigenvalue weighted by atomic mass is 32.1. The van der Waals surface area contributed by atoms with Crippen LogP contribution < -0.4 is 0 Å². The maximum absolute atomic E-state index is 14.5. The summed E-state index contributed by atoms with van der Waals surface area (Å²) in [5.74, 6) is -0.0597. The Morgan fingerprint density at radius 2 is 2.11 bits per heavy atom. The smallest absolute Gasteiger partial charge is 0.157 e. The van der Waals surface area contributed by atoms with Crippen molar-refractivity contribution in [2.75, 3.05) is 13.1 Å². The van der Waals surface area contributed by atoms with E-state index in [0.717, 1.165) is 25.8 Å². The number of piperidine rings is 1. The van der Waals surface area contributed by atoms with E-state index in [4.69, 9.17) is 12.6 Å². The van der Waals surface area contributed by atoms with Crippen LogP contribution in [0.1, 0.15) is 30.9 Å². The van der Waals surface area contributed by atoms with E-state index in [1.165, 1.54) is 11.6 Å². The Kier molecular flexibility index (Phi) is 5.45. The van der Waals surface area contributed by atoms with Crippen LogP contribution in [0.4, 0.5) is 4.39 Å². The molecule has 2 fully saturated rings. The summed E-state index contributed by atoms with van der Waals surface area (Å²) in [7, 11) is 0. The lowest BCUT2D eigenvalue weighted by atomic mass is 9.93. The van der Waals surface area contributed by atoms with Crippen LogP contribution in [0.5, 0.6) is 0 Å². The molecule has 2 aromatic rings. The molecule has 27 heavy (non-hydrogen) atoms. The molecule has 1 aliphatic heterocycles. The SMILES string of the molecule is O=C(C1CC1)C(c1ccccc1F)N1CCC(S)C(=CCn2cccn2)C1. The Morgan fingerprint density at radius 1 is 1.30 bits per heavy atom. The number of carbonyl (C=O) groups excluding carboxylic acids is 1. The summed E-state index contributed by atoms with van der Waals surface area (Å²) < 4.78 is 16.4. The van der Waals surface area contributed by atoms with Gasteiger partial charge in [0.25, 0.3) is 0 Å². The van der Waals surface area contributed by atoms with Gasteiger partial charge in [-0.3, -0.25) is 14.4 Å². The minimum Gasteiger partial charge on any atom is -0.297 e. The first-order chi connectivity index (χ1) is 13.1. The van der Waals surface area contributed by atoms with Crippen molar-refractivity contribution in [3.05, 3.63) is 65.8 Å². The van der Waals surface area contributed by atoms with Gasteiger partial charge in [-0.25, -0.2) is 4.39 Å². The Labute approximate surface area is 164 Å². The number of hydrogen-bond acceptors (Lipinski definition) is 4. The molecule has 1 aromatic carbocycles. The Balaban J connectivity index is 1.59. The second-order valence-electron chi connectivity index (χ2n) is 7.38. The summed E-state index contributed by atoms with van der Waals surface area (Å²) in [6.45, 7) is 2.05. The molecule has 1 saturated carbocycles. The third-order valence-corrected chi connectivity index (χ3v) is 6.01. The first-order valence-electron chi connectivity index (χ1n) is 9.50. The molecule has 1 aliphatic carbocycles. The number of rotatable bonds is 6. The van der Waals surface area contributed by atoms with Gasteiger partial charge in [-0.1, -0.05) is 24.3 Å². The van der Waals surface area contributed by atoms with Gasteiger partial charge >= 0.3 is 0 Å². The number of aromatic nitrogens is 2. The highest BCUT2D eigenvalue weighted by molar-refractivity contribution is 7.81. The Morgan fingerprint density at radius 3 is 2.81 bits per heavy atom. The van der Waals surface area contributed by atoms with Gasteiger partial charge in [0.1, 0.15) is 5.82 Å². The molecule has 2 heterocycles. The maximum atomic E-state index is 14.5. The van der Waals surface area contributed by atoms with Crippen molar-refractivity contribution >= 4 is 18.4 Å². The summed E-state index contributed by atoms with van der Waals surface area (Å²) >= 11 is 4.73. The zero-order chi connectivity index (χ0) is 18.8. The van der Waals surface area contributed by atoms with Gasteiger partial charge in [0.15, 0.2) is 5.78 Å². The molecule has 4 nitrogen and oxygen atoms in total. The molecule has 0 spiro atoms. The molecule has 6 heteroatoms. The Bertz CT molecular complexity index is 832. The highest BCUT2D eigenvalue weighted by Crippen LogP contribution is 2.39. The van der Waals surface area contributed by atoms with Gasteiger partial charge in [0.2, 0.25) is 0 Å². The number of benzene rings is 1. The second-order valence-corrected chi connectivity index (χ2v) is 8.01. The summed E-state index contributed by atoms with van der Waals surface area (Å²) in [4.78, 5) is 15.2. The van der Waals surface area contributed by atoms with Crippen molar-refractivity contribution < 1.29 is 9.18 Å². The fourth-order valence-electron chi connectivity index (χ4n) is 3.75. The van der Waals surface area contributed by atoms with Crippen molar-refractivity contribution in [1.29, 1.82) is 0 Å². The van der Waals surface area contributed by atoms with E-state index in [1.807, 2.05) is 23.0 Å². The average molecular weight is 386 g/mol. The quantitative estimate of drug-likeness (QED) is 0.609. The van der Waals surface area contributed by atoms with Crippen LogP contribution in [-0.2, 0) is 11.3 Å². The molecular formula is C21H24FN3OS. The normalized spacial score (nSPS) is 23.5. The molecule has 142 valence electrons. The molecule has 0 radical (unpaired) electrons. The highest BCUT2D eigenvalue weighted by Gasteiger charge is 2.40. The summed E-state index contributed by atoms with van der Waals surface area (Å²) in [6, 6.07) is 8.07. The van der Waals surface area contributed by atoms with E-state index in [2.05, 4.69) is 16.1 Å². The monoisotopic (exact) mass is 385 g/mol. The molecule has 4 rings (SSSR count). The van der Waals surface area contributed by atoms with Crippen LogP contribution in [0.15, 0.2) is 54.4 Å². The predicted octanol–water partition coefficient (Wildman–Crippen LogP) is 3.67. The molecule has 2 aliphatic rings. The zero-order valence-electron chi connectivity index (χ0n) is 15.2. The fraction of sp³-hybridized carbons (Fsp3) is 0.429. The molecule has 1 saturated heterocycles. The first kappa shape index (κ1) is 18.4. The van der Waals surface area contributed by atoms with Crippen molar-refractivity contribution in [1.82, 2.24) is 14.7 Å². The minimum atomic E-state index is -0.507. The topological polar surface area (TPSA) is 38.1 Å². The minimum absolute atomic E-state index is 0.0832. The van der Waals surface area contributed by atoms with Crippen molar-refractivity contribution in [3.63, 3.8) is 0 Å². The van der Waals surface area contributed by atoms with Gasteiger partial charge in [0, 0.05) is 42.2 Å². The van der Waals surface area contributed by atoms with E-state index >= 15 is 0 Å². The number of thiol groups is 1. The lowest BCUT2D eigenvalue weighted by Crippen LogP contribution is -2.42. The van der Waals surface area contributed by atoms with Crippen molar-refractivity contribution in [2.45, 2.75) is 37.1 Å². The van der Waals surface area contributed by atoms with Gasteiger partial charge in [0.05, 0.1) is 12.6 Å². The number of halogens is 1. The van der Waals surface area contributed by atoms with Gasteiger partial charge < -0.3 is 0 Å². The number of carbonyl (C=O) groups is 1. The fourth-order valence-corrected chi connectivity index (χ4v) is 4.05. The third-order valence-electron chi connectivity index (χ3n) is 5.42. The third kappa shape index (κ3) is 4.17. The lowest BCUT2D eigenvalue weighted by molar-refractivity contribution is -0.126. The zero-order valence-corrected chi connectivity index (χ0v) is 16.1. The standard InChI is InChI=1S/C21H24FN3OS/c22-18-5-2-1-4-17(18)20(21(26)15-6-7-15)24-12-9-19(27)16(14-24)8-13-25-11-3-10-23-25/h1-5,8,10-11,15,19-20,27H,6-7,9,12-14H2. The first-order valence-corrected chi connectivity index (χ1v) is 10.0. The molecule has 0 N–H and O–H groups in total. The number of allylic oxidation sites excluding steroid dienone is 1. The van der Waals surface area contributed by atoms with E-state index < -0.39 is 6.04 Å². The molecule has 0 bridgehead atoms. The molecule has 2 atom stereocenters.